The summed E-state index contributed by atoms with van der Waals surface area (Å²) in [5.74, 6) is -0.293. The van der Waals surface area contributed by atoms with Crippen molar-refractivity contribution in [2.75, 3.05) is 6.54 Å². The fourth-order valence-electron chi connectivity index (χ4n) is 2.15. The normalized spacial score (nSPS) is 12.6. The number of halogens is 2. The number of hydrogen-bond donors (Lipinski definition) is 1. The number of benzene rings is 1. The average molecular weight is 298 g/mol. The van der Waals surface area contributed by atoms with Crippen LogP contribution in [0.1, 0.15) is 17.4 Å². The molecule has 1 heterocycles. The molecular formula is C15H17ClFNS. The van der Waals surface area contributed by atoms with Gasteiger partial charge in [0.25, 0.3) is 0 Å². The molecule has 1 nitrogen and oxygen atoms in total. The second kappa shape index (κ2) is 7.04. The van der Waals surface area contributed by atoms with Gasteiger partial charge in [-0.05, 0) is 42.5 Å². The van der Waals surface area contributed by atoms with Crippen molar-refractivity contribution in [1.29, 1.82) is 0 Å². The molecule has 1 N–H and O–H groups in total. The van der Waals surface area contributed by atoms with Crippen molar-refractivity contribution in [1.82, 2.24) is 5.32 Å². The molecule has 1 atom stereocenters. The van der Waals surface area contributed by atoms with E-state index in [4.69, 9.17) is 11.6 Å². The first kappa shape index (κ1) is 14.5. The Labute approximate surface area is 122 Å². The molecule has 4 heteroatoms. The van der Waals surface area contributed by atoms with Gasteiger partial charge in [0.2, 0.25) is 0 Å². The number of thiophene rings is 1. The van der Waals surface area contributed by atoms with E-state index >= 15 is 0 Å². The maximum absolute atomic E-state index is 13.9. The molecule has 0 fully saturated rings. The van der Waals surface area contributed by atoms with Crippen LogP contribution >= 0.6 is 22.9 Å². The second-order valence-electron chi connectivity index (χ2n) is 4.46. The Morgan fingerprint density at radius 2 is 2.11 bits per heavy atom. The summed E-state index contributed by atoms with van der Waals surface area (Å²) in [4.78, 5) is 1.31. The maximum atomic E-state index is 13.9. The first-order valence-electron chi connectivity index (χ1n) is 6.39. The predicted molar refractivity (Wildman–Crippen MR) is 80.6 cm³/mol. The molecule has 19 heavy (non-hydrogen) atoms. The second-order valence-corrected chi connectivity index (χ2v) is 5.89. The van der Waals surface area contributed by atoms with E-state index in [0.29, 0.717) is 12.0 Å². The zero-order valence-corrected chi connectivity index (χ0v) is 12.4. The average Bonchev–Trinajstić information content (AvgIpc) is 2.88. The molecule has 0 aliphatic heterocycles. The number of rotatable bonds is 6. The van der Waals surface area contributed by atoms with E-state index in [0.717, 1.165) is 13.0 Å². The van der Waals surface area contributed by atoms with Crippen LogP contribution in [-0.2, 0) is 12.8 Å². The lowest BCUT2D eigenvalue weighted by atomic mass is 10.0. The van der Waals surface area contributed by atoms with Crippen LogP contribution in [0.15, 0.2) is 35.7 Å². The minimum absolute atomic E-state index is 0.198. The molecule has 1 unspecified atom stereocenters. The molecule has 2 rings (SSSR count). The standard InChI is InChI=1S/C15H17ClFNS/c1-2-18-12(10-13-6-4-8-19-13)9-11-5-3-7-14(16)15(11)17/h3-8,12,18H,2,9-10H2,1H3. The minimum Gasteiger partial charge on any atom is -0.314 e. The van der Waals surface area contributed by atoms with Crippen molar-refractivity contribution in [3.8, 4) is 0 Å². The zero-order valence-electron chi connectivity index (χ0n) is 10.8. The van der Waals surface area contributed by atoms with Gasteiger partial charge >= 0.3 is 0 Å². The molecule has 2 aromatic rings. The Morgan fingerprint density at radius 3 is 2.79 bits per heavy atom. The van der Waals surface area contributed by atoms with Gasteiger partial charge in [-0.1, -0.05) is 36.7 Å². The Bertz CT molecular complexity index is 513. The summed E-state index contributed by atoms with van der Waals surface area (Å²) in [6, 6.07) is 9.58. The van der Waals surface area contributed by atoms with Gasteiger partial charge < -0.3 is 5.32 Å². The highest BCUT2D eigenvalue weighted by molar-refractivity contribution is 7.09. The van der Waals surface area contributed by atoms with Crippen LogP contribution in [-0.4, -0.2) is 12.6 Å². The minimum atomic E-state index is -0.293. The van der Waals surface area contributed by atoms with Crippen LogP contribution in [0.3, 0.4) is 0 Å². The molecule has 0 radical (unpaired) electrons. The number of likely N-dealkylation sites (N-methyl/N-ethyl adjacent to an activating group) is 1. The van der Waals surface area contributed by atoms with Crippen LogP contribution in [0.2, 0.25) is 5.02 Å². The predicted octanol–water partition coefficient (Wildman–Crippen LogP) is 4.30. The number of nitrogens with one attached hydrogen (secondary N) is 1. The first-order valence-corrected chi connectivity index (χ1v) is 7.65. The lowest BCUT2D eigenvalue weighted by Gasteiger charge is -2.18. The molecule has 0 saturated carbocycles. The van der Waals surface area contributed by atoms with Gasteiger partial charge in [0.1, 0.15) is 5.82 Å². The Morgan fingerprint density at radius 1 is 1.26 bits per heavy atom. The largest absolute Gasteiger partial charge is 0.314 e. The van der Waals surface area contributed by atoms with Crippen LogP contribution in [0.25, 0.3) is 0 Å². The van der Waals surface area contributed by atoms with E-state index in [1.54, 1.807) is 29.5 Å². The van der Waals surface area contributed by atoms with Gasteiger partial charge in [-0.2, -0.15) is 0 Å². The third-order valence-corrected chi connectivity index (χ3v) is 4.21. The topological polar surface area (TPSA) is 12.0 Å². The van der Waals surface area contributed by atoms with Crippen molar-refractivity contribution in [2.45, 2.75) is 25.8 Å². The van der Waals surface area contributed by atoms with E-state index in [9.17, 15) is 4.39 Å². The van der Waals surface area contributed by atoms with Crippen LogP contribution < -0.4 is 5.32 Å². The van der Waals surface area contributed by atoms with Crippen molar-refractivity contribution < 1.29 is 4.39 Å². The number of hydrogen-bond acceptors (Lipinski definition) is 2. The molecule has 0 amide bonds. The van der Waals surface area contributed by atoms with Gasteiger partial charge in [-0.3, -0.25) is 0 Å². The third-order valence-electron chi connectivity index (χ3n) is 3.02. The lowest BCUT2D eigenvalue weighted by Crippen LogP contribution is -2.33. The highest BCUT2D eigenvalue weighted by Crippen LogP contribution is 2.20. The quantitative estimate of drug-likeness (QED) is 0.838. The highest BCUT2D eigenvalue weighted by atomic mass is 35.5. The molecule has 0 bridgehead atoms. The Balaban J connectivity index is 2.09. The van der Waals surface area contributed by atoms with E-state index in [1.807, 2.05) is 6.07 Å². The van der Waals surface area contributed by atoms with E-state index in [1.165, 1.54) is 4.88 Å². The van der Waals surface area contributed by atoms with E-state index in [2.05, 4.69) is 23.7 Å². The zero-order chi connectivity index (χ0) is 13.7. The Hall–Kier alpha value is -0.900. The molecule has 0 aliphatic rings. The summed E-state index contributed by atoms with van der Waals surface area (Å²) in [6.45, 7) is 2.94. The fraction of sp³-hybridized carbons (Fsp3) is 0.333. The molecule has 0 saturated heterocycles. The van der Waals surface area contributed by atoms with Crippen LogP contribution in [0.5, 0.6) is 0 Å². The highest BCUT2D eigenvalue weighted by Gasteiger charge is 2.14. The van der Waals surface area contributed by atoms with Crippen LogP contribution in [0, 0.1) is 5.82 Å². The summed E-state index contributed by atoms with van der Waals surface area (Å²) in [7, 11) is 0. The monoisotopic (exact) mass is 297 g/mol. The first-order chi connectivity index (χ1) is 9.20. The summed E-state index contributed by atoms with van der Waals surface area (Å²) in [6.07, 6.45) is 1.57. The molecule has 1 aromatic carbocycles. The summed E-state index contributed by atoms with van der Waals surface area (Å²) >= 11 is 7.56. The Kier molecular flexibility index (Phi) is 5.37. The maximum Gasteiger partial charge on any atom is 0.145 e. The van der Waals surface area contributed by atoms with Crippen molar-refractivity contribution >= 4 is 22.9 Å². The van der Waals surface area contributed by atoms with Gasteiger partial charge in [0, 0.05) is 10.9 Å². The van der Waals surface area contributed by atoms with Crippen molar-refractivity contribution in [2.24, 2.45) is 0 Å². The van der Waals surface area contributed by atoms with Crippen LogP contribution in [0.4, 0.5) is 4.39 Å². The van der Waals surface area contributed by atoms with Gasteiger partial charge in [0.05, 0.1) is 5.02 Å². The lowest BCUT2D eigenvalue weighted by molar-refractivity contribution is 0.508. The molecule has 0 aliphatic carbocycles. The SMILES string of the molecule is CCNC(Cc1cccs1)Cc1cccc(Cl)c1F. The van der Waals surface area contributed by atoms with Crippen molar-refractivity contribution in [3.05, 3.63) is 57.0 Å². The molecule has 0 spiro atoms. The summed E-state index contributed by atoms with van der Waals surface area (Å²) < 4.78 is 13.9. The smallest absolute Gasteiger partial charge is 0.145 e. The molecular weight excluding hydrogens is 281 g/mol. The third kappa shape index (κ3) is 4.03. The summed E-state index contributed by atoms with van der Waals surface area (Å²) in [5, 5.41) is 5.68. The summed E-state index contributed by atoms with van der Waals surface area (Å²) in [5.41, 5.74) is 0.676. The van der Waals surface area contributed by atoms with E-state index < -0.39 is 0 Å². The van der Waals surface area contributed by atoms with Crippen molar-refractivity contribution in [3.63, 3.8) is 0 Å². The van der Waals surface area contributed by atoms with Gasteiger partial charge in [-0.15, -0.1) is 11.3 Å². The fourth-order valence-corrected chi connectivity index (χ4v) is 3.13. The molecule has 1 aromatic heterocycles. The van der Waals surface area contributed by atoms with Gasteiger partial charge in [0.15, 0.2) is 0 Å². The van der Waals surface area contributed by atoms with Gasteiger partial charge in [-0.25, -0.2) is 4.39 Å². The van der Waals surface area contributed by atoms with E-state index in [-0.39, 0.29) is 16.9 Å². The molecule has 102 valence electrons.